The summed E-state index contributed by atoms with van der Waals surface area (Å²) in [6.07, 6.45) is -0.0268. The SMILES string of the molecule is CC(C)CC(NC(=O)OC(C)(C)C)C(=O)N1CCN(C2=Nc3cc(Cl)ccc3Nc3ccccc32)CC1. The van der Waals surface area contributed by atoms with E-state index in [-0.39, 0.29) is 11.8 Å². The molecule has 2 aliphatic heterocycles. The zero-order valence-electron chi connectivity index (χ0n) is 22.2. The van der Waals surface area contributed by atoms with Gasteiger partial charge in [0.1, 0.15) is 17.5 Å². The van der Waals surface area contributed by atoms with E-state index >= 15 is 0 Å². The van der Waals surface area contributed by atoms with Gasteiger partial charge in [0, 0.05) is 42.5 Å². The van der Waals surface area contributed by atoms with Crippen molar-refractivity contribution < 1.29 is 14.3 Å². The van der Waals surface area contributed by atoms with Gasteiger partial charge in [0.2, 0.25) is 5.91 Å². The topological polar surface area (TPSA) is 86.3 Å². The lowest BCUT2D eigenvalue weighted by atomic mass is 10.0. The van der Waals surface area contributed by atoms with Crippen LogP contribution < -0.4 is 10.6 Å². The molecule has 37 heavy (non-hydrogen) atoms. The van der Waals surface area contributed by atoms with Gasteiger partial charge < -0.3 is 25.2 Å². The quantitative estimate of drug-likeness (QED) is 0.546. The Kier molecular flexibility index (Phi) is 7.97. The molecular weight excluding hydrogens is 490 g/mol. The number of nitrogens with zero attached hydrogens (tertiary/aromatic N) is 3. The Morgan fingerprint density at radius 3 is 2.46 bits per heavy atom. The highest BCUT2D eigenvalue weighted by atomic mass is 35.5. The van der Waals surface area contributed by atoms with Crippen molar-refractivity contribution in [1.29, 1.82) is 0 Å². The third-order valence-electron chi connectivity index (χ3n) is 6.21. The van der Waals surface area contributed by atoms with Crippen molar-refractivity contribution in [2.45, 2.75) is 52.7 Å². The van der Waals surface area contributed by atoms with Crippen molar-refractivity contribution in [2.24, 2.45) is 10.9 Å². The number of alkyl carbamates (subject to hydrolysis) is 1. The van der Waals surface area contributed by atoms with Crippen LogP contribution in [-0.4, -0.2) is 65.5 Å². The van der Waals surface area contributed by atoms with Crippen LogP contribution in [0.1, 0.15) is 46.6 Å². The molecule has 2 aromatic rings. The zero-order valence-corrected chi connectivity index (χ0v) is 22.9. The molecule has 1 unspecified atom stereocenters. The number of fused-ring (bicyclic) bond motifs is 2. The minimum atomic E-state index is -0.630. The molecule has 0 aromatic heterocycles. The van der Waals surface area contributed by atoms with E-state index in [2.05, 4.69) is 21.6 Å². The molecular formula is C28H36ClN5O3. The summed E-state index contributed by atoms with van der Waals surface area (Å²) >= 11 is 6.27. The molecule has 198 valence electrons. The van der Waals surface area contributed by atoms with E-state index in [0.29, 0.717) is 37.6 Å². The Morgan fingerprint density at radius 2 is 1.78 bits per heavy atom. The first-order valence-corrected chi connectivity index (χ1v) is 13.2. The van der Waals surface area contributed by atoms with Gasteiger partial charge in [0.25, 0.3) is 0 Å². The number of benzene rings is 2. The molecule has 0 saturated carbocycles. The maximum absolute atomic E-state index is 13.5. The molecule has 8 nitrogen and oxygen atoms in total. The normalized spacial score (nSPS) is 16.1. The lowest BCUT2D eigenvalue weighted by Gasteiger charge is -2.38. The second-order valence-electron chi connectivity index (χ2n) is 10.9. The number of halogens is 1. The zero-order chi connectivity index (χ0) is 26.7. The van der Waals surface area contributed by atoms with Crippen LogP contribution in [0.2, 0.25) is 5.02 Å². The van der Waals surface area contributed by atoms with Crippen LogP contribution >= 0.6 is 11.6 Å². The number of carbonyl (C=O) groups is 2. The van der Waals surface area contributed by atoms with E-state index in [1.807, 2.05) is 55.1 Å². The van der Waals surface area contributed by atoms with Gasteiger partial charge in [-0.25, -0.2) is 9.79 Å². The van der Waals surface area contributed by atoms with E-state index in [4.69, 9.17) is 21.3 Å². The average molecular weight is 526 g/mol. The summed E-state index contributed by atoms with van der Waals surface area (Å²) in [4.78, 5) is 34.9. The summed E-state index contributed by atoms with van der Waals surface area (Å²) < 4.78 is 5.41. The van der Waals surface area contributed by atoms with Crippen molar-refractivity contribution >= 4 is 46.5 Å². The molecule has 9 heteroatoms. The van der Waals surface area contributed by atoms with E-state index in [0.717, 1.165) is 28.5 Å². The van der Waals surface area contributed by atoms with Crippen LogP contribution in [0, 0.1) is 5.92 Å². The number of piperazine rings is 1. The Morgan fingerprint density at radius 1 is 1.08 bits per heavy atom. The molecule has 2 amide bonds. The summed E-state index contributed by atoms with van der Waals surface area (Å²) in [5.74, 6) is 1.00. The number of rotatable bonds is 4. The largest absolute Gasteiger partial charge is 0.444 e. The van der Waals surface area contributed by atoms with Crippen LogP contribution in [0.4, 0.5) is 21.9 Å². The smallest absolute Gasteiger partial charge is 0.408 e. The van der Waals surface area contributed by atoms with Crippen LogP contribution in [0.5, 0.6) is 0 Å². The number of para-hydroxylation sites is 1. The van der Waals surface area contributed by atoms with E-state index in [1.54, 1.807) is 20.8 Å². The molecule has 0 spiro atoms. The number of hydrogen-bond donors (Lipinski definition) is 2. The Bertz CT molecular complexity index is 1180. The van der Waals surface area contributed by atoms with Crippen LogP contribution in [-0.2, 0) is 9.53 Å². The molecule has 2 aromatic carbocycles. The first-order chi connectivity index (χ1) is 17.5. The predicted molar refractivity (Wildman–Crippen MR) is 148 cm³/mol. The van der Waals surface area contributed by atoms with Gasteiger partial charge in [-0.3, -0.25) is 4.79 Å². The molecule has 2 aliphatic rings. The number of carbonyl (C=O) groups excluding carboxylic acids is 2. The lowest BCUT2D eigenvalue weighted by molar-refractivity contribution is -0.135. The molecule has 2 N–H and O–H groups in total. The highest BCUT2D eigenvalue weighted by Crippen LogP contribution is 2.36. The first kappa shape index (κ1) is 26.8. The predicted octanol–water partition coefficient (Wildman–Crippen LogP) is 5.56. The highest BCUT2D eigenvalue weighted by molar-refractivity contribution is 6.31. The van der Waals surface area contributed by atoms with Crippen molar-refractivity contribution in [1.82, 2.24) is 15.1 Å². The van der Waals surface area contributed by atoms with Crippen LogP contribution in [0.3, 0.4) is 0 Å². The summed E-state index contributed by atoms with van der Waals surface area (Å²) in [5.41, 5.74) is 3.01. The lowest BCUT2D eigenvalue weighted by Crippen LogP contribution is -2.56. The number of anilines is 2. The standard InChI is InChI=1S/C28H36ClN5O3/c1-18(2)16-24(32-27(36)37-28(3,4)5)26(35)34-14-12-33(13-15-34)25-20-8-6-7-9-21(20)30-22-11-10-19(29)17-23(22)31-25/h6-11,17-18,24,30H,12-16H2,1-5H3,(H,32,36). The first-order valence-electron chi connectivity index (χ1n) is 12.8. The number of aliphatic imine (C=N–C) groups is 1. The molecule has 0 radical (unpaired) electrons. The van der Waals surface area contributed by atoms with Crippen molar-refractivity contribution in [3.05, 3.63) is 53.1 Å². The fraction of sp³-hybridized carbons (Fsp3) is 0.464. The molecule has 0 bridgehead atoms. The molecule has 0 aliphatic carbocycles. The van der Waals surface area contributed by atoms with Gasteiger partial charge in [-0.1, -0.05) is 37.6 Å². The summed E-state index contributed by atoms with van der Waals surface area (Å²) in [7, 11) is 0. The van der Waals surface area contributed by atoms with E-state index < -0.39 is 17.7 Å². The average Bonchev–Trinajstić information content (AvgIpc) is 2.98. The molecule has 2 heterocycles. The Labute approximate surface area is 224 Å². The monoisotopic (exact) mass is 525 g/mol. The number of hydrogen-bond acceptors (Lipinski definition) is 6. The maximum Gasteiger partial charge on any atom is 0.408 e. The Hall–Kier alpha value is -3.26. The van der Waals surface area contributed by atoms with Crippen molar-refractivity contribution in [3.63, 3.8) is 0 Å². The van der Waals surface area contributed by atoms with Crippen molar-refractivity contribution in [3.8, 4) is 0 Å². The number of amidine groups is 1. The van der Waals surface area contributed by atoms with E-state index in [9.17, 15) is 9.59 Å². The Balaban J connectivity index is 1.50. The second kappa shape index (κ2) is 11.0. The minimum absolute atomic E-state index is 0.0822. The summed E-state index contributed by atoms with van der Waals surface area (Å²) in [6.45, 7) is 11.8. The van der Waals surface area contributed by atoms with Gasteiger partial charge in [-0.05, 0) is 63.4 Å². The third-order valence-corrected chi connectivity index (χ3v) is 6.45. The number of ether oxygens (including phenoxy) is 1. The molecule has 1 saturated heterocycles. The van der Waals surface area contributed by atoms with Gasteiger partial charge in [0.15, 0.2) is 0 Å². The van der Waals surface area contributed by atoms with Gasteiger partial charge in [0.05, 0.1) is 11.4 Å². The maximum atomic E-state index is 13.5. The summed E-state index contributed by atoms with van der Waals surface area (Å²) in [6, 6.07) is 13.1. The molecule has 4 rings (SSSR count). The third kappa shape index (κ3) is 6.74. The highest BCUT2D eigenvalue weighted by Gasteiger charge is 2.32. The fourth-order valence-electron chi connectivity index (χ4n) is 4.55. The number of nitrogens with one attached hydrogen (secondary N) is 2. The van der Waals surface area contributed by atoms with Crippen LogP contribution in [0.25, 0.3) is 0 Å². The van der Waals surface area contributed by atoms with Gasteiger partial charge in [-0.15, -0.1) is 0 Å². The van der Waals surface area contributed by atoms with Crippen LogP contribution in [0.15, 0.2) is 47.5 Å². The van der Waals surface area contributed by atoms with Gasteiger partial charge >= 0.3 is 6.09 Å². The van der Waals surface area contributed by atoms with E-state index in [1.165, 1.54) is 0 Å². The van der Waals surface area contributed by atoms with Gasteiger partial charge in [-0.2, -0.15) is 0 Å². The molecule has 1 fully saturated rings. The van der Waals surface area contributed by atoms with Crippen molar-refractivity contribution in [2.75, 3.05) is 31.5 Å². The summed E-state index contributed by atoms with van der Waals surface area (Å²) in [5, 5.41) is 6.90. The second-order valence-corrected chi connectivity index (χ2v) is 11.3. The number of amides is 2. The molecule has 1 atom stereocenters. The fourth-order valence-corrected chi connectivity index (χ4v) is 4.72. The minimum Gasteiger partial charge on any atom is -0.444 e.